The maximum Gasteiger partial charge on any atom is 0.261 e. The number of carbonyl (C=O) groups is 1. The molecular formula is C14H23NOS. The van der Waals surface area contributed by atoms with Crippen molar-refractivity contribution >= 4 is 17.2 Å². The Bertz CT molecular complexity index is 387. The van der Waals surface area contributed by atoms with E-state index in [-0.39, 0.29) is 11.4 Å². The van der Waals surface area contributed by atoms with E-state index in [2.05, 4.69) is 25.2 Å². The number of amides is 1. The van der Waals surface area contributed by atoms with Gasteiger partial charge in [-0.2, -0.15) is 0 Å². The first-order valence-corrected chi connectivity index (χ1v) is 7.13. The van der Waals surface area contributed by atoms with Gasteiger partial charge in [0.05, 0.1) is 4.88 Å². The zero-order valence-corrected chi connectivity index (χ0v) is 12.3. The SMILES string of the molecule is CCCc1sc(C(=O)NC(C)(C)C)cc1CC. The number of nitrogens with one attached hydrogen (secondary N) is 1. The molecule has 3 heteroatoms. The van der Waals surface area contributed by atoms with Crippen LogP contribution >= 0.6 is 11.3 Å². The van der Waals surface area contributed by atoms with E-state index in [4.69, 9.17) is 0 Å². The van der Waals surface area contributed by atoms with Crippen molar-refractivity contribution in [3.8, 4) is 0 Å². The number of hydrogen-bond donors (Lipinski definition) is 1. The van der Waals surface area contributed by atoms with Crippen molar-refractivity contribution in [2.45, 2.75) is 59.4 Å². The highest BCUT2D eigenvalue weighted by atomic mass is 32.1. The van der Waals surface area contributed by atoms with Crippen LogP contribution in [0.15, 0.2) is 6.07 Å². The van der Waals surface area contributed by atoms with Crippen LogP contribution in [0.3, 0.4) is 0 Å². The van der Waals surface area contributed by atoms with Gasteiger partial charge in [-0.3, -0.25) is 4.79 Å². The topological polar surface area (TPSA) is 29.1 Å². The van der Waals surface area contributed by atoms with Gasteiger partial charge in [-0.25, -0.2) is 0 Å². The van der Waals surface area contributed by atoms with E-state index >= 15 is 0 Å². The fourth-order valence-electron chi connectivity index (χ4n) is 1.72. The minimum absolute atomic E-state index is 0.0551. The summed E-state index contributed by atoms with van der Waals surface area (Å²) in [5, 5.41) is 3.01. The summed E-state index contributed by atoms with van der Waals surface area (Å²) >= 11 is 1.65. The van der Waals surface area contributed by atoms with E-state index < -0.39 is 0 Å². The predicted molar refractivity (Wildman–Crippen MR) is 74.9 cm³/mol. The van der Waals surface area contributed by atoms with Gasteiger partial charge in [-0.1, -0.05) is 20.3 Å². The van der Waals surface area contributed by atoms with Gasteiger partial charge in [-0.15, -0.1) is 11.3 Å². The number of hydrogen-bond acceptors (Lipinski definition) is 2. The van der Waals surface area contributed by atoms with Gasteiger partial charge in [0, 0.05) is 10.4 Å². The Morgan fingerprint density at radius 3 is 2.47 bits per heavy atom. The quantitative estimate of drug-likeness (QED) is 0.869. The Balaban J connectivity index is 2.88. The molecule has 0 unspecified atom stereocenters. The Morgan fingerprint density at radius 1 is 1.35 bits per heavy atom. The van der Waals surface area contributed by atoms with Crippen LogP contribution in [0.5, 0.6) is 0 Å². The second-order valence-corrected chi connectivity index (χ2v) is 6.50. The molecular weight excluding hydrogens is 230 g/mol. The van der Waals surface area contributed by atoms with E-state index in [1.54, 1.807) is 11.3 Å². The standard InChI is InChI=1S/C14H23NOS/c1-6-8-11-10(7-2)9-12(17-11)13(16)15-14(3,4)5/h9H,6-8H2,1-5H3,(H,15,16). The molecule has 0 aliphatic heterocycles. The summed E-state index contributed by atoms with van der Waals surface area (Å²) in [5.74, 6) is 0.0551. The number of aryl methyl sites for hydroxylation is 2. The predicted octanol–water partition coefficient (Wildman–Crippen LogP) is 3.79. The summed E-state index contributed by atoms with van der Waals surface area (Å²) in [6, 6.07) is 2.05. The van der Waals surface area contributed by atoms with Gasteiger partial charge < -0.3 is 5.32 Å². The summed E-state index contributed by atoms with van der Waals surface area (Å²) in [4.78, 5) is 14.3. The first kappa shape index (κ1) is 14.2. The average Bonchev–Trinajstić information content (AvgIpc) is 2.59. The van der Waals surface area contributed by atoms with Crippen molar-refractivity contribution in [2.24, 2.45) is 0 Å². The third-order valence-corrected chi connectivity index (χ3v) is 3.70. The lowest BCUT2D eigenvalue weighted by atomic mass is 10.1. The lowest BCUT2D eigenvalue weighted by Crippen LogP contribution is -2.40. The van der Waals surface area contributed by atoms with Gasteiger partial charge in [0.1, 0.15) is 0 Å². The summed E-state index contributed by atoms with van der Waals surface area (Å²) < 4.78 is 0. The van der Waals surface area contributed by atoms with Crippen LogP contribution in [0.2, 0.25) is 0 Å². The van der Waals surface area contributed by atoms with Crippen molar-refractivity contribution < 1.29 is 4.79 Å². The highest BCUT2D eigenvalue weighted by Gasteiger charge is 2.18. The summed E-state index contributed by atoms with van der Waals surface area (Å²) in [5.41, 5.74) is 1.16. The average molecular weight is 253 g/mol. The molecule has 17 heavy (non-hydrogen) atoms. The molecule has 0 aromatic carbocycles. The van der Waals surface area contributed by atoms with Crippen molar-refractivity contribution in [2.75, 3.05) is 0 Å². The maximum atomic E-state index is 12.0. The minimum Gasteiger partial charge on any atom is -0.347 e. The highest BCUT2D eigenvalue weighted by molar-refractivity contribution is 7.14. The minimum atomic E-state index is -0.168. The second-order valence-electron chi connectivity index (χ2n) is 5.37. The number of rotatable bonds is 4. The second kappa shape index (κ2) is 5.67. The molecule has 1 N–H and O–H groups in total. The van der Waals surface area contributed by atoms with Gasteiger partial charge in [0.25, 0.3) is 5.91 Å². The Kier molecular flexibility index (Phi) is 4.75. The molecule has 0 aliphatic carbocycles. The fraction of sp³-hybridized carbons (Fsp3) is 0.643. The zero-order chi connectivity index (χ0) is 13.1. The van der Waals surface area contributed by atoms with Crippen molar-refractivity contribution in [1.29, 1.82) is 0 Å². The fourth-order valence-corrected chi connectivity index (χ4v) is 2.97. The molecule has 1 aromatic rings. The Labute approximate surface area is 108 Å². The van der Waals surface area contributed by atoms with Gasteiger partial charge in [-0.05, 0) is 45.2 Å². The lowest BCUT2D eigenvalue weighted by Gasteiger charge is -2.19. The summed E-state index contributed by atoms with van der Waals surface area (Å²) in [6.45, 7) is 10.3. The van der Waals surface area contributed by atoms with Crippen LogP contribution in [0, 0.1) is 0 Å². The van der Waals surface area contributed by atoms with Crippen LogP contribution in [0.25, 0.3) is 0 Å². The largest absolute Gasteiger partial charge is 0.347 e. The molecule has 1 rings (SSSR count). The molecule has 1 heterocycles. The maximum absolute atomic E-state index is 12.0. The van der Waals surface area contributed by atoms with E-state index in [9.17, 15) is 4.79 Å². The lowest BCUT2D eigenvalue weighted by molar-refractivity contribution is 0.0923. The molecule has 1 aromatic heterocycles. The number of thiophene rings is 1. The summed E-state index contributed by atoms with van der Waals surface area (Å²) in [7, 11) is 0. The molecule has 2 nitrogen and oxygen atoms in total. The molecule has 0 fully saturated rings. The smallest absolute Gasteiger partial charge is 0.261 e. The van der Waals surface area contributed by atoms with E-state index in [0.29, 0.717) is 0 Å². The molecule has 0 saturated heterocycles. The molecule has 0 saturated carbocycles. The first-order valence-electron chi connectivity index (χ1n) is 6.31. The third-order valence-electron chi connectivity index (χ3n) is 2.47. The molecule has 0 atom stereocenters. The monoisotopic (exact) mass is 253 g/mol. The van der Waals surface area contributed by atoms with Gasteiger partial charge >= 0.3 is 0 Å². The molecule has 0 spiro atoms. The van der Waals surface area contributed by atoms with E-state index in [0.717, 1.165) is 24.1 Å². The highest BCUT2D eigenvalue weighted by Crippen LogP contribution is 2.25. The molecule has 1 amide bonds. The van der Waals surface area contributed by atoms with Crippen LogP contribution in [-0.2, 0) is 12.8 Å². The normalized spacial score (nSPS) is 11.6. The molecule has 0 radical (unpaired) electrons. The summed E-state index contributed by atoms with van der Waals surface area (Å²) in [6.07, 6.45) is 3.22. The first-order chi connectivity index (χ1) is 7.87. The van der Waals surface area contributed by atoms with Crippen molar-refractivity contribution in [1.82, 2.24) is 5.32 Å². The molecule has 0 bridgehead atoms. The number of carbonyl (C=O) groups excluding carboxylic acids is 1. The van der Waals surface area contributed by atoms with Crippen molar-refractivity contribution in [3.63, 3.8) is 0 Å². The van der Waals surface area contributed by atoms with Gasteiger partial charge in [0.2, 0.25) is 0 Å². The van der Waals surface area contributed by atoms with E-state index in [1.165, 1.54) is 10.4 Å². The van der Waals surface area contributed by atoms with E-state index in [1.807, 2.05) is 20.8 Å². The van der Waals surface area contributed by atoms with Crippen LogP contribution in [0.4, 0.5) is 0 Å². The third kappa shape index (κ3) is 4.15. The zero-order valence-electron chi connectivity index (χ0n) is 11.5. The molecule has 96 valence electrons. The Hall–Kier alpha value is -0.830. The Morgan fingerprint density at radius 2 is 2.00 bits per heavy atom. The van der Waals surface area contributed by atoms with Crippen LogP contribution < -0.4 is 5.32 Å². The van der Waals surface area contributed by atoms with Crippen LogP contribution in [0.1, 0.15) is 61.2 Å². The van der Waals surface area contributed by atoms with Crippen molar-refractivity contribution in [3.05, 3.63) is 21.4 Å². The molecule has 0 aliphatic rings. The van der Waals surface area contributed by atoms with Crippen LogP contribution in [-0.4, -0.2) is 11.4 Å². The van der Waals surface area contributed by atoms with Gasteiger partial charge in [0.15, 0.2) is 0 Å².